The summed E-state index contributed by atoms with van der Waals surface area (Å²) >= 11 is 0. The summed E-state index contributed by atoms with van der Waals surface area (Å²) in [5.74, 6) is 0.00843. The van der Waals surface area contributed by atoms with Crippen molar-refractivity contribution in [1.82, 2.24) is 0 Å². The third-order valence-corrected chi connectivity index (χ3v) is 4.33. The average Bonchev–Trinajstić information content (AvgIpc) is 3.25. The van der Waals surface area contributed by atoms with Gasteiger partial charge in [0.1, 0.15) is 41.7 Å². The van der Waals surface area contributed by atoms with Gasteiger partial charge in [0.15, 0.2) is 11.5 Å². The molecule has 2 heterocycles. The maximum absolute atomic E-state index is 12.8. The Morgan fingerprint density at radius 3 is 2.55 bits per heavy atom. The molecule has 0 saturated heterocycles. The van der Waals surface area contributed by atoms with Crippen molar-refractivity contribution >= 4 is 16.9 Å². The molecule has 0 N–H and O–H groups in total. The number of rotatable bonds is 8. The van der Waals surface area contributed by atoms with E-state index in [2.05, 4.69) is 0 Å². The predicted octanol–water partition coefficient (Wildman–Crippen LogP) is 3.52. The Labute approximate surface area is 176 Å². The van der Waals surface area contributed by atoms with E-state index in [1.165, 1.54) is 18.4 Å². The Balaban J connectivity index is 1.54. The molecule has 8 heteroatoms. The molecule has 8 nitrogen and oxygen atoms in total. The molecule has 4 rings (SSSR count). The Bertz CT molecular complexity index is 1280. The van der Waals surface area contributed by atoms with Gasteiger partial charge in [-0.2, -0.15) is 0 Å². The van der Waals surface area contributed by atoms with Crippen molar-refractivity contribution in [3.8, 4) is 23.0 Å². The van der Waals surface area contributed by atoms with Gasteiger partial charge in [-0.05, 0) is 43.3 Å². The highest BCUT2D eigenvalue weighted by atomic mass is 16.5. The highest BCUT2D eigenvalue weighted by molar-refractivity contribution is 5.82. The summed E-state index contributed by atoms with van der Waals surface area (Å²) < 4.78 is 27.5. The number of hydrogen-bond acceptors (Lipinski definition) is 8. The van der Waals surface area contributed by atoms with Gasteiger partial charge >= 0.3 is 0 Å². The zero-order valence-electron chi connectivity index (χ0n) is 16.5. The minimum absolute atomic E-state index is 0.00156. The maximum atomic E-state index is 12.8. The molecular formula is C23H17O8-. The number of carboxylic acids is 1. The Morgan fingerprint density at radius 2 is 1.81 bits per heavy atom. The summed E-state index contributed by atoms with van der Waals surface area (Å²) in [6.45, 7) is 2.31. The SMILES string of the molecule is CCOc1ccccc1Oc1coc2cc(OCc3ccc(C(=O)[O-])o3)ccc2c1=O. The molecule has 0 aliphatic heterocycles. The first-order valence-electron chi connectivity index (χ1n) is 9.43. The van der Waals surface area contributed by atoms with Gasteiger partial charge in [-0.1, -0.05) is 12.1 Å². The molecule has 0 aliphatic carbocycles. The molecular weight excluding hydrogens is 404 g/mol. The summed E-state index contributed by atoms with van der Waals surface area (Å²) in [5, 5.41) is 11.1. The number of para-hydroxylation sites is 2. The lowest BCUT2D eigenvalue weighted by Crippen LogP contribution is -2.21. The first kappa shape index (κ1) is 20.1. The molecule has 0 spiro atoms. The molecule has 0 radical (unpaired) electrons. The minimum atomic E-state index is -1.40. The number of fused-ring (bicyclic) bond motifs is 1. The van der Waals surface area contributed by atoms with Gasteiger partial charge in [-0.25, -0.2) is 0 Å². The van der Waals surface area contributed by atoms with Crippen molar-refractivity contribution in [1.29, 1.82) is 0 Å². The second-order valence-electron chi connectivity index (χ2n) is 6.41. The topological polar surface area (TPSA) is 111 Å². The number of benzene rings is 2. The van der Waals surface area contributed by atoms with E-state index in [4.69, 9.17) is 23.0 Å². The second kappa shape index (κ2) is 8.66. The van der Waals surface area contributed by atoms with Gasteiger partial charge in [-0.3, -0.25) is 4.79 Å². The number of carbonyl (C=O) groups excluding carboxylic acids is 1. The van der Waals surface area contributed by atoms with Gasteiger partial charge in [0.2, 0.25) is 11.2 Å². The first-order valence-corrected chi connectivity index (χ1v) is 9.43. The van der Waals surface area contributed by atoms with Crippen LogP contribution in [0.2, 0.25) is 0 Å². The lowest BCUT2D eigenvalue weighted by atomic mass is 10.2. The quantitative estimate of drug-likeness (QED) is 0.425. The van der Waals surface area contributed by atoms with Gasteiger partial charge in [0, 0.05) is 6.07 Å². The Hall–Kier alpha value is -4.20. The molecule has 0 aliphatic rings. The van der Waals surface area contributed by atoms with Crippen molar-refractivity contribution in [3.63, 3.8) is 0 Å². The third kappa shape index (κ3) is 4.37. The van der Waals surface area contributed by atoms with Crippen LogP contribution < -0.4 is 24.7 Å². The van der Waals surface area contributed by atoms with E-state index in [1.54, 1.807) is 36.4 Å². The molecule has 0 unspecified atom stereocenters. The summed E-state index contributed by atoms with van der Waals surface area (Å²) in [4.78, 5) is 23.6. The van der Waals surface area contributed by atoms with Crippen LogP contribution in [0, 0.1) is 0 Å². The average molecular weight is 421 g/mol. The van der Waals surface area contributed by atoms with Crippen LogP contribution in [0.3, 0.4) is 0 Å². The number of ether oxygens (including phenoxy) is 3. The van der Waals surface area contributed by atoms with Crippen molar-refractivity contribution in [2.24, 2.45) is 0 Å². The molecule has 0 saturated carbocycles. The number of hydrogen-bond donors (Lipinski definition) is 0. The maximum Gasteiger partial charge on any atom is 0.235 e. The van der Waals surface area contributed by atoms with Crippen LogP contribution >= 0.6 is 0 Å². The number of aromatic carboxylic acids is 1. The standard InChI is InChI=1S/C23H18O8/c1-2-27-17-5-3-4-6-18(17)31-21-13-29-20-11-14(7-9-16(20)22(21)24)28-12-15-8-10-19(30-15)23(25)26/h3-11,13H,2,12H2,1H3,(H,25,26)/p-1. The highest BCUT2D eigenvalue weighted by Crippen LogP contribution is 2.31. The first-order chi connectivity index (χ1) is 15.0. The summed E-state index contributed by atoms with van der Waals surface area (Å²) in [6, 6.07) is 14.5. The van der Waals surface area contributed by atoms with Gasteiger partial charge in [0.25, 0.3) is 0 Å². The van der Waals surface area contributed by atoms with E-state index >= 15 is 0 Å². The molecule has 0 fully saturated rings. The van der Waals surface area contributed by atoms with E-state index in [0.29, 0.717) is 40.6 Å². The fraction of sp³-hybridized carbons (Fsp3) is 0.130. The summed E-state index contributed by atoms with van der Waals surface area (Å²) in [7, 11) is 0. The molecule has 2 aromatic heterocycles. The number of carboxylic acid groups (broad SMARTS) is 1. The van der Waals surface area contributed by atoms with E-state index in [1.807, 2.05) is 13.0 Å². The minimum Gasteiger partial charge on any atom is -0.542 e. The molecule has 0 atom stereocenters. The molecule has 158 valence electrons. The van der Waals surface area contributed by atoms with Crippen molar-refractivity contribution in [2.45, 2.75) is 13.5 Å². The molecule has 0 bridgehead atoms. The van der Waals surface area contributed by atoms with Crippen LogP contribution in [-0.2, 0) is 6.61 Å². The smallest absolute Gasteiger partial charge is 0.235 e. The van der Waals surface area contributed by atoms with Crippen LogP contribution in [-0.4, -0.2) is 12.6 Å². The van der Waals surface area contributed by atoms with E-state index in [-0.39, 0.29) is 23.5 Å². The monoisotopic (exact) mass is 421 g/mol. The fourth-order valence-electron chi connectivity index (χ4n) is 2.90. The van der Waals surface area contributed by atoms with Crippen LogP contribution in [0.4, 0.5) is 0 Å². The Kier molecular flexibility index (Phi) is 5.61. The summed E-state index contributed by atoms with van der Waals surface area (Å²) in [6.07, 6.45) is 1.23. The fourth-order valence-corrected chi connectivity index (χ4v) is 2.90. The molecule has 31 heavy (non-hydrogen) atoms. The lowest BCUT2D eigenvalue weighted by molar-refractivity contribution is -0.257. The van der Waals surface area contributed by atoms with Gasteiger partial charge < -0.3 is 32.9 Å². The predicted molar refractivity (Wildman–Crippen MR) is 108 cm³/mol. The molecule has 2 aromatic carbocycles. The molecule has 4 aromatic rings. The third-order valence-electron chi connectivity index (χ3n) is 4.33. The van der Waals surface area contributed by atoms with Crippen molar-refractivity contribution in [3.05, 3.63) is 82.6 Å². The largest absolute Gasteiger partial charge is 0.542 e. The van der Waals surface area contributed by atoms with E-state index in [0.717, 1.165) is 0 Å². The number of furan rings is 1. The van der Waals surface area contributed by atoms with Crippen molar-refractivity contribution in [2.75, 3.05) is 6.61 Å². The zero-order chi connectivity index (χ0) is 21.8. The van der Waals surface area contributed by atoms with Crippen molar-refractivity contribution < 1.29 is 32.9 Å². The van der Waals surface area contributed by atoms with Crippen LogP contribution in [0.15, 0.2) is 74.5 Å². The van der Waals surface area contributed by atoms with E-state index < -0.39 is 5.97 Å². The van der Waals surface area contributed by atoms with Crippen LogP contribution in [0.5, 0.6) is 23.0 Å². The Morgan fingerprint density at radius 1 is 1.00 bits per heavy atom. The highest BCUT2D eigenvalue weighted by Gasteiger charge is 2.13. The summed E-state index contributed by atoms with van der Waals surface area (Å²) in [5.41, 5.74) is -0.0356. The van der Waals surface area contributed by atoms with Crippen LogP contribution in [0.1, 0.15) is 23.2 Å². The normalized spacial score (nSPS) is 10.7. The van der Waals surface area contributed by atoms with Crippen LogP contribution in [0.25, 0.3) is 11.0 Å². The van der Waals surface area contributed by atoms with E-state index in [9.17, 15) is 14.7 Å². The lowest BCUT2D eigenvalue weighted by Gasteiger charge is -2.11. The molecule has 0 amide bonds. The van der Waals surface area contributed by atoms with Gasteiger partial charge in [-0.15, -0.1) is 0 Å². The zero-order valence-corrected chi connectivity index (χ0v) is 16.5. The number of carbonyl (C=O) groups is 1. The second-order valence-corrected chi connectivity index (χ2v) is 6.41. The van der Waals surface area contributed by atoms with Gasteiger partial charge in [0.05, 0.1) is 12.0 Å².